The van der Waals surface area contributed by atoms with E-state index in [9.17, 15) is 0 Å². The highest BCUT2D eigenvalue weighted by Crippen LogP contribution is 2.33. The fraction of sp³-hybridized carbons (Fsp3) is 0.0588. The van der Waals surface area contributed by atoms with Crippen LogP contribution in [0.25, 0.3) is 43.8 Å². The first-order valence-electron chi connectivity index (χ1n) is 12.9. The quantitative estimate of drug-likeness (QED) is 0.237. The van der Waals surface area contributed by atoms with Gasteiger partial charge in [-0.1, -0.05) is 49.6 Å². The average Bonchev–Trinajstić information content (AvgIpc) is 2.98. The minimum atomic E-state index is 0.546. The number of nitrogen functional groups attached to an aromatic ring is 1. The Labute approximate surface area is 234 Å². The van der Waals surface area contributed by atoms with E-state index >= 15 is 0 Å². The fourth-order valence-corrected chi connectivity index (χ4v) is 4.27. The van der Waals surface area contributed by atoms with Gasteiger partial charge in [0.1, 0.15) is 17.5 Å². The van der Waals surface area contributed by atoms with Crippen LogP contribution >= 0.6 is 0 Å². The molecule has 6 heteroatoms. The van der Waals surface area contributed by atoms with Crippen molar-refractivity contribution in [2.24, 2.45) is 0 Å². The molecule has 0 radical (unpaired) electrons. The minimum absolute atomic E-state index is 0.546. The molecule has 3 N–H and O–H groups in total. The number of nitrogens with two attached hydrogens (primary N) is 1. The van der Waals surface area contributed by atoms with Crippen LogP contribution in [0.3, 0.4) is 0 Å². The molecule has 0 aliphatic carbocycles. The zero-order valence-corrected chi connectivity index (χ0v) is 22.6. The number of hydrogen-bond donors (Lipinski definition) is 2. The SMILES string of the molecule is C=C(C)c1ccc(N)nc1.C=C(C)c1ccc(Nc2ncc(-c3ccc4ccncc4c3)c3ccccc23)nc1. The van der Waals surface area contributed by atoms with Crippen LogP contribution in [0.15, 0.2) is 117 Å². The molecule has 0 amide bonds. The predicted molar refractivity (Wildman–Crippen MR) is 168 cm³/mol. The number of aromatic nitrogens is 4. The monoisotopic (exact) mass is 522 g/mol. The van der Waals surface area contributed by atoms with Crippen molar-refractivity contribution in [3.05, 3.63) is 128 Å². The number of fused-ring (bicyclic) bond motifs is 2. The van der Waals surface area contributed by atoms with Gasteiger partial charge in [-0.3, -0.25) is 4.98 Å². The predicted octanol–water partition coefficient (Wildman–Crippen LogP) is 8.32. The van der Waals surface area contributed by atoms with Crippen molar-refractivity contribution >= 4 is 50.1 Å². The second-order valence-electron chi connectivity index (χ2n) is 9.59. The molecule has 6 aromatic rings. The van der Waals surface area contributed by atoms with Crippen molar-refractivity contribution in [3.63, 3.8) is 0 Å². The van der Waals surface area contributed by atoms with Gasteiger partial charge in [-0.2, -0.15) is 0 Å². The van der Waals surface area contributed by atoms with Gasteiger partial charge in [0.15, 0.2) is 0 Å². The van der Waals surface area contributed by atoms with Gasteiger partial charge in [0.05, 0.1) is 0 Å². The van der Waals surface area contributed by atoms with Gasteiger partial charge in [0, 0.05) is 47.3 Å². The van der Waals surface area contributed by atoms with Crippen LogP contribution in [0.5, 0.6) is 0 Å². The van der Waals surface area contributed by atoms with Crippen molar-refractivity contribution in [2.75, 3.05) is 11.1 Å². The Morgan fingerprint density at radius 3 is 2.10 bits per heavy atom. The molecule has 0 bridgehead atoms. The first-order chi connectivity index (χ1) is 19.4. The van der Waals surface area contributed by atoms with Crippen molar-refractivity contribution in [2.45, 2.75) is 13.8 Å². The van der Waals surface area contributed by atoms with E-state index in [0.717, 1.165) is 61.2 Å². The van der Waals surface area contributed by atoms with Crippen LogP contribution < -0.4 is 11.1 Å². The molecule has 0 fully saturated rings. The summed E-state index contributed by atoms with van der Waals surface area (Å²) in [6, 6.07) is 24.4. The van der Waals surface area contributed by atoms with E-state index in [-0.39, 0.29) is 0 Å². The first kappa shape index (κ1) is 26.3. The number of rotatable bonds is 5. The van der Waals surface area contributed by atoms with E-state index < -0.39 is 0 Å². The van der Waals surface area contributed by atoms with E-state index in [0.29, 0.717) is 5.82 Å². The number of hydrogen-bond acceptors (Lipinski definition) is 6. The molecule has 6 rings (SSSR count). The molecule has 0 unspecified atom stereocenters. The maximum absolute atomic E-state index is 5.39. The molecular weight excluding hydrogens is 492 g/mol. The number of benzene rings is 2. The zero-order chi connectivity index (χ0) is 28.1. The van der Waals surface area contributed by atoms with E-state index in [1.165, 1.54) is 5.39 Å². The zero-order valence-electron chi connectivity index (χ0n) is 22.6. The number of pyridine rings is 4. The summed E-state index contributed by atoms with van der Waals surface area (Å²) in [4.78, 5) is 17.4. The Balaban J connectivity index is 0.000000274. The summed E-state index contributed by atoms with van der Waals surface area (Å²) in [6.07, 6.45) is 9.17. The number of nitrogens with zero attached hydrogens (tertiary/aromatic N) is 4. The van der Waals surface area contributed by atoms with Gasteiger partial charge in [-0.15, -0.1) is 0 Å². The highest BCUT2D eigenvalue weighted by Gasteiger charge is 2.10. The summed E-state index contributed by atoms with van der Waals surface area (Å²) in [6.45, 7) is 11.6. The molecule has 40 heavy (non-hydrogen) atoms. The minimum Gasteiger partial charge on any atom is -0.384 e. The second kappa shape index (κ2) is 11.6. The Kier molecular flexibility index (Phi) is 7.60. The normalized spacial score (nSPS) is 10.6. The Bertz CT molecular complexity index is 1820. The molecule has 0 aliphatic rings. The lowest BCUT2D eigenvalue weighted by Gasteiger charge is -2.13. The Hall–Kier alpha value is -5.36. The first-order valence-corrected chi connectivity index (χ1v) is 12.9. The van der Waals surface area contributed by atoms with Crippen LogP contribution in [0.4, 0.5) is 17.5 Å². The summed E-state index contributed by atoms with van der Waals surface area (Å²) in [7, 11) is 0. The molecular formula is C34H30N6. The second-order valence-corrected chi connectivity index (χ2v) is 9.59. The largest absolute Gasteiger partial charge is 0.384 e. The molecule has 6 nitrogen and oxygen atoms in total. The van der Waals surface area contributed by atoms with Crippen molar-refractivity contribution in [1.29, 1.82) is 0 Å². The summed E-state index contributed by atoms with van der Waals surface area (Å²) < 4.78 is 0. The summed E-state index contributed by atoms with van der Waals surface area (Å²) in [5.41, 5.74) is 11.7. The van der Waals surface area contributed by atoms with Crippen LogP contribution in [-0.2, 0) is 0 Å². The lowest BCUT2D eigenvalue weighted by molar-refractivity contribution is 1.26. The maximum Gasteiger partial charge on any atom is 0.139 e. The molecule has 4 aromatic heterocycles. The van der Waals surface area contributed by atoms with Crippen LogP contribution in [-0.4, -0.2) is 19.9 Å². The van der Waals surface area contributed by atoms with Gasteiger partial charge >= 0.3 is 0 Å². The third-order valence-electron chi connectivity index (χ3n) is 6.53. The molecule has 0 atom stereocenters. The van der Waals surface area contributed by atoms with Crippen molar-refractivity contribution < 1.29 is 0 Å². The highest BCUT2D eigenvalue weighted by molar-refractivity contribution is 6.03. The molecule has 2 aromatic carbocycles. The topological polar surface area (TPSA) is 89.6 Å². The Morgan fingerprint density at radius 2 is 1.43 bits per heavy atom. The van der Waals surface area contributed by atoms with E-state index in [2.05, 4.69) is 69.8 Å². The molecule has 0 spiro atoms. The van der Waals surface area contributed by atoms with Crippen molar-refractivity contribution in [3.8, 4) is 11.1 Å². The average molecular weight is 523 g/mol. The molecule has 4 heterocycles. The standard InChI is InChI=1S/C26H20N4.C8H10N2/c1-17(2)20-9-10-25(28-15-20)30-26-23-6-4-3-5-22(23)24(16-29-26)19-8-7-18-11-12-27-14-21(18)13-19;1-6(2)7-3-4-8(9)10-5-7/h3-16H,1H2,2H3,(H,28,29,30);3-5H,1H2,2H3,(H2,9,10). The summed E-state index contributed by atoms with van der Waals surface area (Å²) in [5.74, 6) is 2.08. The summed E-state index contributed by atoms with van der Waals surface area (Å²) >= 11 is 0. The molecule has 0 saturated heterocycles. The third-order valence-corrected chi connectivity index (χ3v) is 6.53. The van der Waals surface area contributed by atoms with E-state index in [1.807, 2.05) is 69.0 Å². The number of allylic oxidation sites excluding steroid dienone is 2. The molecule has 0 saturated carbocycles. The van der Waals surface area contributed by atoms with Crippen molar-refractivity contribution in [1.82, 2.24) is 19.9 Å². The van der Waals surface area contributed by atoms with Crippen LogP contribution in [0.2, 0.25) is 0 Å². The van der Waals surface area contributed by atoms with E-state index in [1.54, 1.807) is 12.3 Å². The Morgan fingerprint density at radius 1 is 0.700 bits per heavy atom. The highest BCUT2D eigenvalue weighted by atomic mass is 15.0. The fourth-order valence-electron chi connectivity index (χ4n) is 4.27. The van der Waals surface area contributed by atoms with Gasteiger partial charge in [0.25, 0.3) is 0 Å². The van der Waals surface area contributed by atoms with Gasteiger partial charge in [0.2, 0.25) is 0 Å². The maximum atomic E-state index is 5.39. The molecule has 196 valence electrons. The lowest BCUT2D eigenvalue weighted by atomic mass is 9.98. The van der Waals surface area contributed by atoms with E-state index in [4.69, 9.17) is 10.7 Å². The smallest absolute Gasteiger partial charge is 0.139 e. The summed E-state index contributed by atoms with van der Waals surface area (Å²) in [5, 5.41) is 7.83. The van der Waals surface area contributed by atoms with Crippen LogP contribution in [0, 0.1) is 0 Å². The van der Waals surface area contributed by atoms with Gasteiger partial charge < -0.3 is 11.1 Å². The van der Waals surface area contributed by atoms with Gasteiger partial charge in [-0.25, -0.2) is 15.0 Å². The number of nitrogens with one attached hydrogen (secondary N) is 1. The lowest BCUT2D eigenvalue weighted by Crippen LogP contribution is -1.98. The van der Waals surface area contributed by atoms with Gasteiger partial charge in [-0.05, 0) is 88.9 Å². The third kappa shape index (κ3) is 5.87. The number of anilines is 3. The van der Waals surface area contributed by atoms with Crippen LogP contribution in [0.1, 0.15) is 25.0 Å². The molecule has 0 aliphatic heterocycles.